The molecule has 0 spiro atoms. The molecule has 0 heterocycles. The number of halogens is 1. The summed E-state index contributed by atoms with van der Waals surface area (Å²) in [5, 5.41) is 9.42. The van der Waals surface area contributed by atoms with Crippen LogP contribution in [-0.2, 0) is 0 Å². The van der Waals surface area contributed by atoms with Crippen LogP contribution in [0.2, 0.25) is 5.02 Å². The Kier molecular flexibility index (Phi) is 3.57. The van der Waals surface area contributed by atoms with E-state index in [0.717, 1.165) is 18.7 Å². The third-order valence-corrected chi connectivity index (χ3v) is 3.26. The smallest absolute Gasteiger partial charge is 0.335 e. The minimum atomic E-state index is -0.938. The van der Waals surface area contributed by atoms with Crippen molar-refractivity contribution < 1.29 is 9.90 Å². The summed E-state index contributed by atoms with van der Waals surface area (Å²) in [6.45, 7) is 3.10. The number of carbonyl (C=O) groups is 1. The molecule has 0 aliphatic heterocycles. The van der Waals surface area contributed by atoms with E-state index >= 15 is 0 Å². The Morgan fingerprint density at radius 2 is 2.24 bits per heavy atom. The molecule has 1 N–H and O–H groups in total. The van der Waals surface area contributed by atoms with Crippen molar-refractivity contribution in [3.63, 3.8) is 0 Å². The monoisotopic (exact) mass is 253 g/mol. The molecule has 1 aromatic carbocycles. The molecule has 0 amide bonds. The fourth-order valence-corrected chi connectivity index (χ4v) is 2.29. The van der Waals surface area contributed by atoms with E-state index in [1.807, 2.05) is 6.07 Å². The van der Waals surface area contributed by atoms with Crippen LogP contribution in [0.3, 0.4) is 0 Å². The molecule has 3 nitrogen and oxygen atoms in total. The van der Waals surface area contributed by atoms with Gasteiger partial charge in [0.05, 0.1) is 16.3 Å². The van der Waals surface area contributed by atoms with Gasteiger partial charge in [0, 0.05) is 12.6 Å². The Morgan fingerprint density at radius 3 is 2.71 bits per heavy atom. The molecule has 0 radical (unpaired) electrons. The van der Waals surface area contributed by atoms with E-state index in [1.54, 1.807) is 6.07 Å². The molecule has 4 heteroatoms. The highest BCUT2D eigenvalue weighted by Crippen LogP contribution is 2.36. The predicted octanol–water partition coefficient (Wildman–Crippen LogP) is 3.42. The van der Waals surface area contributed by atoms with Gasteiger partial charge in [-0.05, 0) is 37.5 Å². The molecule has 1 fully saturated rings. The van der Waals surface area contributed by atoms with Crippen molar-refractivity contribution in [2.75, 3.05) is 11.4 Å². The van der Waals surface area contributed by atoms with Gasteiger partial charge in [-0.2, -0.15) is 0 Å². The van der Waals surface area contributed by atoms with Gasteiger partial charge in [0.15, 0.2) is 0 Å². The number of anilines is 1. The minimum Gasteiger partial charge on any atom is -0.478 e. The van der Waals surface area contributed by atoms with Gasteiger partial charge in [-0.25, -0.2) is 4.79 Å². The summed E-state index contributed by atoms with van der Waals surface area (Å²) in [5.74, 6) is -0.938. The average Bonchev–Trinajstić information content (AvgIpc) is 3.10. The van der Waals surface area contributed by atoms with E-state index in [-0.39, 0.29) is 5.56 Å². The first-order valence-corrected chi connectivity index (χ1v) is 6.30. The third kappa shape index (κ3) is 2.72. The summed E-state index contributed by atoms with van der Waals surface area (Å²) >= 11 is 6.17. The second-order valence-corrected chi connectivity index (χ2v) is 4.80. The van der Waals surface area contributed by atoms with Crippen LogP contribution in [-0.4, -0.2) is 23.7 Å². The van der Waals surface area contributed by atoms with Gasteiger partial charge < -0.3 is 10.0 Å². The summed E-state index contributed by atoms with van der Waals surface area (Å²) in [6.07, 6.45) is 3.47. The van der Waals surface area contributed by atoms with Crippen LogP contribution in [0.4, 0.5) is 5.69 Å². The lowest BCUT2D eigenvalue weighted by Gasteiger charge is -2.25. The maximum Gasteiger partial charge on any atom is 0.335 e. The maximum atomic E-state index is 10.8. The largest absolute Gasteiger partial charge is 0.478 e. The van der Waals surface area contributed by atoms with Crippen molar-refractivity contribution in [1.82, 2.24) is 0 Å². The van der Waals surface area contributed by atoms with Crippen LogP contribution in [0.15, 0.2) is 18.2 Å². The molecule has 0 bridgehead atoms. The third-order valence-electron chi connectivity index (χ3n) is 2.96. The van der Waals surface area contributed by atoms with Crippen LogP contribution < -0.4 is 4.90 Å². The zero-order valence-electron chi connectivity index (χ0n) is 9.82. The predicted molar refractivity (Wildman–Crippen MR) is 69.1 cm³/mol. The number of aromatic carboxylic acids is 1. The van der Waals surface area contributed by atoms with Gasteiger partial charge in [-0.15, -0.1) is 0 Å². The molecular weight excluding hydrogens is 238 g/mol. The molecule has 0 atom stereocenters. The molecule has 0 unspecified atom stereocenters. The zero-order chi connectivity index (χ0) is 12.4. The molecule has 0 aromatic heterocycles. The summed E-state index contributed by atoms with van der Waals surface area (Å²) in [6, 6.07) is 5.56. The summed E-state index contributed by atoms with van der Waals surface area (Å²) in [7, 11) is 0. The van der Waals surface area contributed by atoms with Crippen molar-refractivity contribution in [1.29, 1.82) is 0 Å². The number of rotatable bonds is 5. The Morgan fingerprint density at radius 1 is 1.53 bits per heavy atom. The zero-order valence-corrected chi connectivity index (χ0v) is 10.6. The molecule has 2 rings (SSSR count). The average molecular weight is 254 g/mol. The van der Waals surface area contributed by atoms with E-state index in [2.05, 4.69) is 11.8 Å². The standard InChI is InChI=1S/C13H16ClNO2/c1-2-7-15(10-4-5-10)12-6-3-9(13(16)17)8-11(12)14/h3,6,8,10H,2,4-5,7H2,1H3,(H,16,17). The Bertz CT molecular complexity index is 429. The number of benzene rings is 1. The quantitative estimate of drug-likeness (QED) is 0.874. The molecule has 0 saturated heterocycles. The van der Waals surface area contributed by atoms with Crippen molar-refractivity contribution >= 4 is 23.3 Å². The van der Waals surface area contributed by atoms with Crippen molar-refractivity contribution in [2.45, 2.75) is 32.2 Å². The highest BCUT2D eigenvalue weighted by molar-refractivity contribution is 6.33. The normalized spacial score (nSPS) is 14.7. The first-order valence-electron chi connectivity index (χ1n) is 5.93. The van der Waals surface area contributed by atoms with Crippen LogP contribution >= 0.6 is 11.6 Å². The van der Waals surface area contributed by atoms with Gasteiger partial charge in [-0.1, -0.05) is 18.5 Å². The fraction of sp³-hybridized carbons (Fsp3) is 0.462. The molecule has 1 aliphatic rings. The second-order valence-electron chi connectivity index (χ2n) is 4.40. The van der Waals surface area contributed by atoms with Crippen molar-refractivity contribution in [3.8, 4) is 0 Å². The van der Waals surface area contributed by atoms with Gasteiger partial charge in [0.1, 0.15) is 0 Å². The molecule has 1 saturated carbocycles. The number of nitrogens with zero attached hydrogens (tertiary/aromatic N) is 1. The summed E-state index contributed by atoms with van der Waals surface area (Å²) in [4.78, 5) is 13.1. The first-order chi connectivity index (χ1) is 8.13. The Hall–Kier alpha value is -1.22. The lowest BCUT2D eigenvalue weighted by atomic mass is 10.2. The van der Waals surface area contributed by atoms with Gasteiger partial charge >= 0.3 is 5.97 Å². The van der Waals surface area contributed by atoms with E-state index in [9.17, 15) is 4.79 Å². The fourth-order valence-electron chi connectivity index (χ4n) is 2.00. The second kappa shape index (κ2) is 4.96. The van der Waals surface area contributed by atoms with Crippen molar-refractivity contribution in [3.05, 3.63) is 28.8 Å². The minimum absolute atomic E-state index is 0.242. The van der Waals surface area contributed by atoms with Crippen LogP contribution in [0.5, 0.6) is 0 Å². The van der Waals surface area contributed by atoms with Gasteiger partial charge in [0.2, 0.25) is 0 Å². The maximum absolute atomic E-state index is 10.8. The van der Waals surface area contributed by atoms with Crippen LogP contribution in [0.25, 0.3) is 0 Å². The molecule has 1 aliphatic carbocycles. The van der Waals surface area contributed by atoms with E-state index < -0.39 is 5.97 Å². The molecule has 92 valence electrons. The lowest BCUT2D eigenvalue weighted by molar-refractivity contribution is 0.0697. The molecular formula is C13H16ClNO2. The highest BCUT2D eigenvalue weighted by atomic mass is 35.5. The number of hydrogen-bond donors (Lipinski definition) is 1. The summed E-state index contributed by atoms with van der Waals surface area (Å²) < 4.78 is 0. The van der Waals surface area contributed by atoms with Crippen molar-refractivity contribution in [2.24, 2.45) is 0 Å². The highest BCUT2D eigenvalue weighted by Gasteiger charge is 2.29. The van der Waals surface area contributed by atoms with E-state index in [1.165, 1.54) is 18.9 Å². The van der Waals surface area contributed by atoms with E-state index in [0.29, 0.717) is 11.1 Å². The topological polar surface area (TPSA) is 40.5 Å². The van der Waals surface area contributed by atoms with Crippen LogP contribution in [0.1, 0.15) is 36.5 Å². The number of carboxylic acid groups (broad SMARTS) is 1. The van der Waals surface area contributed by atoms with E-state index in [4.69, 9.17) is 16.7 Å². The number of hydrogen-bond acceptors (Lipinski definition) is 2. The van der Waals surface area contributed by atoms with Gasteiger partial charge in [-0.3, -0.25) is 0 Å². The molecule has 1 aromatic rings. The van der Waals surface area contributed by atoms with Crippen LogP contribution in [0, 0.1) is 0 Å². The summed E-state index contributed by atoms with van der Waals surface area (Å²) in [5.41, 5.74) is 1.20. The first kappa shape index (κ1) is 12.2. The Balaban J connectivity index is 2.27. The molecule has 17 heavy (non-hydrogen) atoms. The Labute approximate surface area is 106 Å². The SMILES string of the molecule is CCCN(c1ccc(C(=O)O)cc1Cl)C1CC1. The lowest BCUT2D eigenvalue weighted by Crippen LogP contribution is -2.26. The number of carboxylic acids is 1. The van der Waals surface area contributed by atoms with Gasteiger partial charge in [0.25, 0.3) is 0 Å².